The molecule has 0 aliphatic rings. The summed E-state index contributed by atoms with van der Waals surface area (Å²) in [5.74, 6) is 4.30. The first kappa shape index (κ1) is 9.78. The Morgan fingerprint density at radius 1 is 1.54 bits per heavy atom. The van der Waals surface area contributed by atoms with Gasteiger partial charge < -0.3 is 10.2 Å². The van der Waals surface area contributed by atoms with E-state index in [-0.39, 0.29) is 13.0 Å². The molecule has 0 saturated heterocycles. The predicted octanol–water partition coefficient (Wildman–Crippen LogP) is 1.07. The summed E-state index contributed by atoms with van der Waals surface area (Å²) in [5.41, 5.74) is 0. The SMILES string of the molecule is O=C(O)CC#Cc1ccc(CO)s1. The normalized spacial score (nSPS) is 9.00. The highest BCUT2D eigenvalue weighted by Gasteiger charge is 1.95. The summed E-state index contributed by atoms with van der Waals surface area (Å²) >= 11 is 1.37. The summed E-state index contributed by atoms with van der Waals surface area (Å²) in [4.78, 5) is 11.7. The number of aliphatic hydroxyl groups excluding tert-OH is 1. The minimum atomic E-state index is -0.925. The van der Waals surface area contributed by atoms with Gasteiger partial charge in [0.05, 0.1) is 11.5 Å². The molecule has 1 heterocycles. The lowest BCUT2D eigenvalue weighted by Gasteiger charge is -1.81. The van der Waals surface area contributed by atoms with E-state index in [1.54, 1.807) is 12.1 Å². The van der Waals surface area contributed by atoms with Crippen LogP contribution in [0.2, 0.25) is 0 Å². The summed E-state index contributed by atoms with van der Waals surface area (Å²) in [7, 11) is 0. The molecule has 0 aliphatic heterocycles. The van der Waals surface area contributed by atoms with Gasteiger partial charge in [0.15, 0.2) is 0 Å². The lowest BCUT2D eigenvalue weighted by molar-refractivity contribution is -0.135. The second kappa shape index (κ2) is 4.65. The van der Waals surface area contributed by atoms with E-state index in [1.165, 1.54) is 11.3 Å². The Bertz CT molecular complexity index is 356. The van der Waals surface area contributed by atoms with Crippen LogP contribution in [0, 0.1) is 11.8 Å². The van der Waals surface area contributed by atoms with Crippen LogP contribution >= 0.6 is 11.3 Å². The zero-order valence-corrected chi connectivity index (χ0v) is 7.60. The van der Waals surface area contributed by atoms with Crippen LogP contribution in [0.1, 0.15) is 16.2 Å². The maximum Gasteiger partial charge on any atom is 0.315 e. The second-order valence-electron chi connectivity index (χ2n) is 2.30. The van der Waals surface area contributed by atoms with E-state index < -0.39 is 5.97 Å². The van der Waals surface area contributed by atoms with E-state index in [0.29, 0.717) is 0 Å². The fourth-order valence-corrected chi connectivity index (χ4v) is 1.48. The van der Waals surface area contributed by atoms with Crippen LogP contribution in [-0.4, -0.2) is 16.2 Å². The number of carboxylic acid groups (broad SMARTS) is 1. The topological polar surface area (TPSA) is 57.5 Å². The number of hydrogen-bond acceptors (Lipinski definition) is 3. The molecule has 0 spiro atoms. The van der Waals surface area contributed by atoms with Gasteiger partial charge in [0.25, 0.3) is 0 Å². The lowest BCUT2D eigenvalue weighted by Crippen LogP contribution is -1.89. The van der Waals surface area contributed by atoms with Gasteiger partial charge in [-0.2, -0.15) is 0 Å². The quantitative estimate of drug-likeness (QED) is 0.695. The number of hydrogen-bond donors (Lipinski definition) is 2. The number of thiophene rings is 1. The summed E-state index contributed by atoms with van der Waals surface area (Å²) in [6.45, 7) is 0.00524. The van der Waals surface area contributed by atoms with Gasteiger partial charge in [0.2, 0.25) is 0 Å². The van der Waals surface area contributed by atoms with E-state index in [2.05, 4.69) is 11.8 Å². The van der Waals surface area contributed by atoms with Gasteiger partial charge in [-0.25, -0.2) is 0 Å². The fraction of sp³-hybridized carbons (Fsp3) is 0.222. The van der Waals surface area contributed by atoms with E-state index >= 15 is 0 Å². The van der Waals surface area contributed by atoms with Crippen LogP contribution in [0.5, 0.6) is 0 Å². The molecular formula is C9H8O3S. The average molecular weight is 196 g/mol. The van der Waals surface area contributed by atoms with E-state index in [0.717, 1.165) is 9.75 Å². The lowest BCUT2D eigenvalue weighted by atomic mass is 10.4. The molecule has 0 aromatic carbocycles. The fourth-order valence-electron chi connectivity index (χ4n) is 0.737. The van der Waals surface area contributed by atoms with Crippen LogP contribution in [-0.2, 0) is 11.4 Å². The zero-order valence-electron chi connectivity index (χ0n) is 6.78. The van der Waals surface area contributed by atoms with E-state index in [1.807, 2.05) is 0 Å². The van der Waals surface area contributed by atoms with Crippen LogP contribution in [0.4, 0.5) is 0 Å². The number of aliphatic hydroxyl groups is 1. The average Bonchev–Trinajstić information content (AvgIpc) is 2.52. The first-order valence-corrected chi connectivity index (χ1v) is 4.44. The van der Waals surface area contributed by atoms with E-state index in [4.69, 9.17) is 10.2 Å². The first-order chi connectivity index (χ1) is 6.22. The van der Waals surface area contributed by atoms with Crippen LogP contribution in [0.15, 0.2) is 12.1 Å². The van der Waals surface area contributed by atoms with Gasteiger partial charge in [-0.15, -0.1) is 11.3 Å². The molecule has 0 aliphatic carbocycles. The minimum Gasteiger partial charge on any atom is -0.481 e. The number of carboxylic acids is 1. The van der Waals surface area contributed by atoms with Crippen molar-refractivity contribution < 1.29 is 15.0 Å². The molecule has 3 nitrogen and oxygen atoms in total. The molecule has 0 radical (unpaired) electrons. The highest BCUT2D eigenvalue weighted by atomic mass is 32.1. The minimum absolute atomic E-state index is 0.00524. The van der Waals surface area contributed by atoms with Gasteiger partial charge in [-0.3, -0.25) is 4.79 Å². The molecule has 1 aromatic heterocycles. The molecule has 68 valence electrons. The molecule has 0 fully saturated rings. The van der Waals surface area contributed by atoms with Gasteiger partial charge in [0.1, 0.15) is 6.42 Å². The molecule has 1 rings (SSSR count). The molecule has 0 bridgehead atoms. The molecule has 4 heteroatoms. The maximum absolute atomic E-state index is 10.1. The van der Waals surface area contributed by atoms with Crippen molar-refractivity contribution >= 4 is 17.3 Å². The van der Waals surface area contributed by atoms with Crippen molar-refractivity contribution in [1.29, 1.82) is 0 Å². The standard InChI is InChI=1S/C9H8O3S/c10-6-8-5-4-7(13-8)2-1-3-9(11)12/h4-5,10H,3,6H2,(H,11,12). The summed E-state index contributed by atoms with van der Waals surface area (Å²) in [6.07, 6.45) is -0.146. The molecule has 0 unspecified atom stereocenters. The molecule has 0 atom stereocenters. The summed E-state index contributed by atoms with van der Waals surface area (Å²) < 4.78 is 0. The number of carbonyl (C=O) groups is 1. The van der Waals surface area contributed by atoms with Crippen molar-refractivity contribution in [3.05, 3.63) is 21.9 Å². The number of aliphatic carboxylic acids is 1. The Morgan fingerprint density at radius 2 is 2.31 bits per heavy atom. The van der Waals surface area contributed by atoms with Crippen molar-refractivity contribution in [2.75, 3.05) is 0 Å². The van der Waals surface area contributed by atoms with Gasteiger partial charge in [-0.1, -0.05) is 11.8 Å². The zero-order chi connectivity index (χ0) is 9.68. The highest BCUT2D eigenvalue weighted by molar-refractivity contribution is 7.12. The third-order valence-corrected chi connectivity index (χ3v) is 2.25. The Morgan fingerprint density at radius 3 is 2.85 bits per heavy atom. The third kappa shape index (κ3) is 3.28. The summed E-state index contributed by atoms with van der Waals surface area (Å²) in [5, 5.41) is 17.0. The van der Waals surface area contributed by atoms with Crippen molar-refractivity contribution in [1.82, 2.24) is 0 Å². The smallest absolute Gasteiger partial charge is 0.315 e. The van der Waals surface area contributed by atoms with Crippen molar-refractivity contribution in [3.63, 3.8) is 0 Å². The molecular weight excluding hydrogens is 188 g/mol. The monoisotopic (exact) mass is 196 g/mol. The van der Waals surface area contributed by atoms with Gasteiger partial charge >= 0.3 is 5.97 Å². The molecule has 1 aromatic rings. The Labute approximate surface area is 79.6 Å². The number of rotatable bonds is 2. The molecule has 0 amide bonds. The predicted molar refractivity (Wildman–Crippen MR) is 49.4 cm³/mol. The maximum atomic E-state index is 10.1. The van der Waals surface area contributed by atoms with Gasteiger partial charge in [0, 0.05) is 4.88 Å². The second-order valence-corrected chi connectivity index (χ2v) is 3.46. The Balaban J connectivity index is 2.61. The summed E-state index contributed by atoms with van der Waals surface area (Å²) in [6, 6.07) is 3.54. The van der Waals surface area contributed by atoms with Crippen molar-refractivity contribution in [2.24, 2.45) is 0 Å². The van der Waals surface area contributed by atoms with Crippen LogP contribution in [0.25, 0.3) is 0 Å². The first-order valence-electron chi connectivity index (χ1n) is 3.62. The highest BCUT2D eigenvalue weighted by Crippen LogP contribution is 2.14. The Hall–Kier alpha value is -1.31. The Kier molecular flexibility index (Phi) is 3.50. The van der Waals surface area contributed by atoms with Crippen molar-refractivity contribution in [2.45, 2.75) is 13.0 Å². The van der Waals surface area contributed by atoms with Crippen LogP contribution in [0.3, 0.4) is 0 Å². The van der Waals surface area contributed by atoms with Gasteiger partial charge in [-0.05, 0) is 12.1 Å². The largest absolute Gasteiger partial charge is 0.481 e. The molecule has 13 heavy (non-hydrogen) atoms. The molecule has 0 saturated carbocycles. The van der Waals surface area contributed by atoms with Crippen molar-refractivity contribution in [3.8, 4) is 11.8 Å². The van der Waals surface area contributed by atoms with E-state index in [9.17, 15) is 4.79 Å². The van der Waals surface area contributed by atoms with Crippen LogP contribution < -0.4 is 0 Å². The third-order valence-electron chi connectivity index (χ3n) is 1.27. The molecule has 2 N–H and O–H groups in total.